The van der Waals surface area contributed by atoms with E-state index in [1.54, 1.807) is 36.5 Å². The number of carbonyl (C=O) groups is 1. The molecule has 7 heteroatoms. The number of amides is 1. The lowest BCUT2D eigenvalue weighted by molar-refractivity contribution is -0.131. The van der Waals surface area contributed by atoms with E-state index in [4.69, 9.17) is 22.3 Å². The van der Waals surface area contributed by atoms with Crippen molar-refractivity contribution in [1.82, 2.24) is 4.90 Å². The number of benzene rings is 3. The number of hydrogen-bond donors (Lipinski definition) is 2. The van der Waals surface area contributed by atoms with E-state index in [1.165, 1.54) is 0 Å². The Balaban J connectivity index is 1.89. The van der Waals surface area contributed by atoms with E-state index in [0.717, 1.165) is 45.6 Å². The summed E-state index contributed by atoms with van der Waals surface area (Å²) in [6, 6.07) is 14.3. The molecule has 0 saturated carbocycles. The van der Waals surface area contributed by atoms with Gasteiger partial charge in [0.25, 0.3) is 0 Å². The van der Waals surface area contributed by atoms with Crippen LogP contribution in [0.25, 0.3) is 11.1 Å². The first kappa shape index (κ1) is 25.7. The summed E-state index contributed by atoms with van der Waals surface area (Å²) < 4.78 is 0. The van der Waals surface area contributed by atoms with Gasteiger partial charge in [-0.05, 0) is 91.9 Å². The number of anilines is 1. The largest absolute Gasteiger partial charge is 0.508 e. The number of phenols is 1. The van der Waals surface area contributed by atoms with Gasteiger partial charge in [-0.15, -0.1) is 0 Å². The van der Waals surface area contributed by atoms with Crippen molar-refractivity contribution in [2.24, 2.45) is 10.7 Å². The topological polar surface area (TPSA) is 82.2 Å². The maximum Gasteiger partial charge on any atom is 0.250 e. The van der Waals surface area contributed by atoms with E-state index in [9.17, 15) is 9.90 Å². The second kappa shape index (κ2) is 10.3. The normalized spacial score (nSPS) is 15.5. The lowest BCUT2D eigenvalue weighted by atomic mass is 9.91. The molecule has 0 aliphatic carbocycles. The number of hydrogen-bond acceptors (Lipinski definition) is 5. The van der Waals surface area contributed by atoms with Crippen LogP contribution in [0.5, 0.6) is 5.75 Å². The summed E-state index contributed by atoms with van der Waals surface area (Å²) in [6.45, 7) is 8.53. The Morgan fingerprint density at radius 3 is 2.47 bits per heavy atom. The van der Waals surface area contributed by atoms with Crippen LogP contribution in [0.1, 0.15) is 41.6 Å². The maximum atomic E-state index is 14.0. The lowest BCUT2D eigenvalue weighted by Crippen LogP contribution is -2.46. The van der Waals surface area contributed by atoms with Crippen LogP contribution in [0.2, 0.25) is 5.02 Å². The van der Waals surface area contributed by atoms with Crippen LogP contribution in [0.3, 0.4) is 0 Å². The molecule has 3 aromatic carbocycles. The fraction of sp³-hybridized carbons (Fsp3) is 0.310. The van der Waals surface area contributed by atoms with Crippen LogP contribution in [0.15, 0.2) is 53.5 Å². The van der Waals surface area contributed by atoms with Crippen molar-refractivity contribution in [1.29, 1.82) is 0 Å². The first-order chi connectivity index (χ1) is 17.1. The number of phenolic OH excluding ortho intramolecular Hbond substituents is 1. The van der Waals surface area contributed by atoms with E-state index in [0.29, 0.717) is 17.1 Å². The molecule has 3 aromatic rings. The quantitative estimate of drug-likeness (QED) is 0.427. The van der Waals surface area contributed by atoms with Gasteiger partial charge in [-0.1, -0.05) is 24.6 Å². The Kier molecular flexibility index (Phi) is 7.38. The highest BCUT2D eigenvalue weighted by Crippen LogP contribution is 2.42. The summed E-state index contributed by atoms with van der Waals surface area (Å²) in [5.74, 6) is 0.0598. The zero-order valence-corrected chi connectivity index (χ0v) is 22.2. The number of carbonyl (C=O) groups excluding carboxylic acids is 1. The van der Waals surface area contributed by atoms with Crippen molar-refractivity contribution in [3.63, 3.8) is 0 Å². The first-order valence-electron chi connectivity index (χ1n) is 12.1. The zero-order chi connectivity index (χ0) is 26.1. The number of halogens is 1. The predicted octanol–water partition coefficient (Wildman–Crippen LogP) is 6.05. The standard InChI is InChI=1S/C29H33ClN4O2/c1-6-20(31)15-33(5)29(36)28-25-14-23(24-13-22(35)7-8-26(24)30)19(4)12-27(25)32-16-34(28)21-10-17(2)9-18(3)11-21/h7-14,16,20,28,35H,6,15,31H2,1-5H3/t20-,28?/m0/s1. The summed E-state index contributed by atoms with van der Waals surface area (Å²) in [5, 5.41) is 10.7. The number of aryl methyl sites for hydroxylation is 3. The number of aromatic hydroxyl groups is 1. The minimum Gasteiger partial charge on any atom is -0.508 e. The second-order valence-corrected chi connectivity index (χ2v) is 10.1. The van der Waals surface area contributed by atoms with Crippen LogP contribution in [0.4, 0.5) is 11.4 Å². The molecule has 1 heterocycles. The van der Waals surface area contributed by atoms with Crippen LogP contribution >= 0.6 is 11.6 Å². The average molecular weight is 505 g/mol. The third-order valence-electron chi connectivity index (χ3n) is 6.66. The van der Waals surface area contributed by atoms with Gasteiger partial charge in [0.2, 0.25) is 5.91 Å². The molecule has 1 amide bonds. The molecule has 0 radical (unpaired) electrons. The maximum absolute atomic E-state index is 14.0. The Morgan fingerprint density at radius 2 is 1.81 bits per heavy atom. The molecular weight excluding hydrogens is 472 g/mol. The number of fused-ring (bicyclic) bond motifs is 1. The van der Waals surface area contributed by atoms with Crippen molar-refractivity contribution in [2.45, 2.75) is 46.2 Å². The Hall–Kier alpha value is -3.35. The molecule has 3 N–H and O–H groups in total. The third-order valence-corrected chi connectivity index (χ3v) is 6.98. The predicted molar refractivity (Wildman–Crippen MR) is 148 cm³/mol. The Labute approximate surface area is 218 Å². The van der Waals surface area contributed by atoms with Crippen LogP contribution < -0.4 is 10.6 Å². The SMILES string of the molecule is CC[C@H](N)CN(C)C(=O)C1c2cc(-c3cc(O)ccc3Cl)c(C)cc2N=CN1c1cc(C)cc(C)c1. The fourth-order valence-electron chi connectivity index (χ4n) is 4.74. The van der Waals surface area contributed by atoms with Crippen LogP contribution in [-0.2, 0) is 4.79 Å². The highest BCUT2D eigenvalue weighted by atomic mass is 35.5. The monoisotopic (exact) mass is 504 g/mol. The molecule has 0 bridgehead atoms. The zero-order valence-electron chi connectivity index (χ0n) is 21.4. The summed E-state index contributed by atoms with van der Waals surface area (Å²) >= 11 is 6.53. The molecule has 0 spiro atoms. The average Bonchev–Trinajstić information content (AvgIpc) is 2.83. The van der Waals surface area contributed by atoms with Crippen molar-refractivity contribution < 1.29 is 9.90 Å². The molecule has 1 unspecified atom stereocenters. The van der Waals surface area contributed by atoms with E-state index in [1.807, 2.05) is 44.7 Å². The number of aliphatic imine (C=N–C) groups is 1. The molecule has 1 aliphatic rings. The Morgan fingerprint density at radius 1 is 1.11 bits per heavy atom. The van der Waals surface area contributed by atoms with Gasteiger partial charge in [-0.25, -0.2) is 4.99 Å². The van der Waals surface area contributed by atoms with Crippen molar-refractivity contribution in [2.75, 3.05) is 18.5 Å². The smallest absolute Gasteiger partial charge is 0.250 e. The van der Waals surface area contributed by atoms with E-state index < -0.39 is 6.04 Å². The molecule has 36 heavy (non-hydrogen) atoms. The summed E-state index contributed by atoms with van der Waals surface area (Å²) in [7, 11) is 1.80. The molecule has 0 aromatic heterocycles. The van der Waals surface area contributed by atoms with Crippen molar-refractivity contribution >= 4 is 35.2 Å². The highest BCUT2D eigenvalue weighted by molar-refractivity contribution is 6.33. The van der Waals surface area contributed by atoms with Crippen molar-refractivity contribution in [3.05, 3.63) is 75.8 Å². The Bertz CT molecular complexity index is 1320. The molecule has 4 rings (SSSR count). The van der Waals surface area contributed by atoms with E-state index in [2.05, 4.69) is 18.2 Å². The third kappa shape index (κ3) is 5.11. The summed E-state index contributed by atoms with van der Waals surface area (Å²) in [4.78, 5) is 22.4. The van der Waals surface area contributed by atoms with Gasteiger partial charge in [0.1, 0.15) is 11.8 Å². The van der Waals surface area contributed by atoms with Crippen LogP contribution in [0, 0.1) is 20.8 Å². The first-order valence-corrected chi connectivity index (χ1v) is 12.5. The number of likely N-dealkylation sites (N-methyl/N-ethyl adjacent to an activating group) is 1. The van der Waals surface area contributed by atoms with Gasteiger partial charge in [-0.3, -0.25) is 4.79 Å². The fourth-order valence-corrected chi connectivity index (χ4v) is 4.96. The van der Waals surface area contributed by atoms with Gasteiger partial charge < -0.3 is 20.6 Å². The van der Waals surface area contributed by atoms with Crippen LogP contribution in [-0.4, -0.2) is 41.9 Å². The molecule has 6 nitrogen and oxygen atoms in total. The number of nitrogens with zero attached hydrogens (tertiary/aromatic N) is 3. The van der Waals surface area contributed by atoms with Crippen molar-refractivity contribution in [3.8, 4) is 16.9 Å². The van der Waals surface area contributed by atoms with E-state index in [-0.39, 0.29) is 17.7 Å². The highest BCUT2D eigenvalue weighted by Gasteiger charge is 2.35. The molecule has 2 atom stereocenters. The van der Waals surface area contributed by atoms with Gasteiger partial charge >= 0.3 is 0 Å². The minimum atomic E-state index is -0.636. The lowest BCUT2D eigenvalue weighted by Gasteiger charge is -2.36. The number of nitrogens with two attached hydrogens (primary N) is 1. The second-order valence-electron chi connectivity index (χ2n) is 9.68. The van der Waals surface area contributed by atoms with E-state index >= 15 is 0 Å². The molecular formula is C29H33ClN4O2. The molecule has 1 aliphatic heterocycles. The van der Waals surface area contributed by atoms with Gasteiger partial charge in [0, 0.05) is 41.5 Å². The molecule has 0 fully saturated rings. The number of rotatable bonds is 6. The summed E-state index contributed by atoms with van der Waals surface area (Å²) in [6.07, 6.45) is 2.52. The molecule has 188 valence electrons. The van der Waals surface area contributed by atoms with Gasteiger partial charge in [-0.2, -0.15) is 0 Å². The summed E-state index contributed by atoms with van der Waals surface area (Å²) in [5.41, 5.74) is 13.3. The van der Waals surface area contributed by atoms with Gasteiger partial charge in [0.05, 0.1) is 12.0 Å². The van der Waals surface area contributed by atoms with Gasteiger partial charge in [0.15, 0.2) is 0 Å². The molecule has 0 saturated heterocycles. The minimum absolute atomic E-state index is 0.0673.